The minimum Gasteiger partial charge on any atom is -0.309 e. The number of thiophene rings is 1. The number of benzene rings is 4. The Hall–Kier alpha value is -3.21. The highest BCUT2D eigenvalue weighted by atomic mass is 32.1. The normalized spacial score (nSPS) is 12.1. The number of nitrogens with zero attached hydrogens (tertiary/aromatic N) is 2. The average molecular weight is 407 g/mol. The Bertz CT molecular complexity index is 1720. The van der Waals surface area contributed by atoms with Crippen molar-refractivity contribution in [2.75, 3.05) is 0 Å². The van der Waals surface area contributed by atoms with Crippen LogP contribution in [0.2, 0.25) is 0 Å². The fourth-order valence-corrected chi connectivity index (χ4v) is 6.36. The zero-order valence-corrected chi connectivity index (χ0v) is 16.9. The molecule has 0 aliphatic carbocycles. The highest BCUT2D eigenvalue weighted by Gasteiger charge is 2.17. The van der Waals surface area contributed by atoms with E-state index in [4.69, 9.17) is 0 Å². The van der Waals surface area contributed by atoms with Crippen LogP contribution in [0.15, 0.2) is 84.4 Å². The van der Waals surface area contributed by atoms with E-state index in [1.807, 2.05) is 16.8 Å². The number of rotatable bonds is 1. The standard InChI is InChI=1S/C25H14N2S2/c1-3-7-19-16(5-1)24-20(27(19)15-9-10-18-23(13-15)28-14-26-18)11-12-22-25(24)17-6-2-4-8-21(17)29-22/h1-14H. The van der Waals surface area contributed by atoms with E-state index in [1.54, 1.807) is 11.3 Å². The first-order valence-electron chi connectivity index (χ1n) is 9.55. The summed E-state index contributed by atoms with van der Waals surface area (Å²) in [6, 6.07) is 28.6. The number of hydrogen-bond donors (Lipinski definition) is 0. The van der Waals surface area contributed by atoms with Gasteiger partial charge in [-0.1, -0.05) is 36.4 Å². The number of fused-ring (bicyclic) bond motifs is 8. The molecule has 0 unspecified atom stereocenters. The summed E-state index contributed by atoms with van der Waals surface area (Å²) in [6.45, 7) is 0. The lowest BCUT2D eigenvalue weighted by molar-refractivity contribution is 1.19. The molecule has 7 rings (SSSR count). The summed E-state index contributed by atoms with van der Waals surface area (Å²) in [6.07, 6.45) is 0. The quantitative estimate of drug-likeness (QED) is 0.272. The fourth-order valence-electron chi connectivity index (χ4n) is 4.54. The van der Waals surface area contributed by atoms with Gasteiger partial charge in [0, 0.05) is 36.6 Å². The topological polar surface area (TPSA) is 17.8 Å². The Kier molecular flexibility index (Phi) is 3.06. The fraction of sp³-hybridized carbons (Fsp3) is 0. The number of aromatic nitrogens is 2. The molecule has 7 aromatic rings. The minimum absolute atomic E-state index is 1.06. The van der Waals surface area contributed by atoms with E-state index in [-0.39, 0.29) is 0 Å². The lowest BCUT2D eigenvalue weighted by Crippen LogP contribution is -1.93. The van der Waals surface area contributed by atoms with E-state index in [0.717, 1.165) is 5.52 Å². The second kappa shape index (κ2) is 5.66. The molecule has 0 saturated carbocycles. The van der Waals surface area contributed by atoms with E-state index >= 15 is 0 Å². The minimum atomic E-state index is 1.06. The van der Waals surface area contributed by atoms with Gasteiger partial charge < -0.3 is 4.57 Å². The maximum absolute atomic E-state index is 4.44. The molecule has 0 aliphatic heterocycles. The van der Waals surface area contributed by atoms with Crippen molar-refractivity contribution in [3.8, 4) is 5.69 Å². The van der Waals surface area contributed by atoms with E-state index < -0.39 is 0 Å². The van der Waals surface area contributed by atoms with Crippen LogP contribution in [0.4, 0.5) is 0 Å². The van der Waals surface area contributed by atoms with Crippen molar-refractivity contribution in [1.82, 2.24) is 9.55 Å². The van der Waals surface area contributed by atoms with E-state index in [2.05, 4.69) is 88.4 Å². The van der Waals surface area contributed by atoms with Gasteiger partial charge >= 0.3 is 0 Å². The Morgan fingerprint density at radius 3 is 2.48 bits per heavy atom. The maximum atomic E-state index is 4.44. The summed E-state index contributed by atoms with van der Waals surface area (Å²) in [4.78, 5) is 4.44. The molecule has 3 aromatic heterocycles. The number of para-hydroxylation sites is 1. The molecule has 29 heavy (non-hydrogen) atoms. The molecule has 0 fully saturated rings. The molecule has 0 spiro atoms. The van der Waals surface area contributed by atoms with Gasteiger partial charge in [0.2, 0.25) is 0 Å². The first-order valence-corrected chi connectivity index (χ1v) is 11.3. The lowest BCUT2D eigenvalue weighted by atomic mass is 10.1. The molecule has 0 atom stereocenters. The molecule has 3 heterocycles. The van der Waals surface area contributed by atoms with Crippen molar-refractivity contribution >= 4 is 74.9 Å². The third-order valence-corrected chi connectivity index (χ3v) is 7.68. The lowest BCUT2D eigenvalue weighted by Gasteiger charge is -2.08. The first-order chi connectivity index (χ1) is 14.4. The average Bonchev–Trinajstić information content (AvgIpc) is 3.45. The van der Waals surface area contributed by atoms with Gasteiger partial charge in [0.05, 0.1) is 26.8 Å². The van der Waals surface area contributed by atoms with Crippen LogP contribution in [0.25, 0.3) is 57.9 Å². The smallest absolute Gasteiger partial charge is 0.0813 e. The number of hydrogen-bond acceptors (Lipinski definition) is 3. The molecule has 2 nitrogen and oxygen atoms in total. The molecular weight excluding hydrogens is 392 g/mol. The van der Waals surface area contributed by atoms with Crippen LogP contribution in [0, 0.1) is 0 Å². The Balaban J connectivity index is 1.72. The van der Waals surface area contributed by atoms with Crippen molar-refractivity contribution in [1.29, 1.82) is 0 Å². The predicted molar refractivity (Wildman–Crippen MR) is 127 cm³/mol. The largest absolute Gasteiger partial charge is 0.309 e. The molecule has 136 valence electrons. The summed E-state index contributed by atoms with van der Waals surface area (Å²) in [5, 5.41) is 5.37. The van der Waals surface area contributed by atoms with Crippen LogP contribution in [0.5, 0.6) is 0 Å². The maximum Gasteiger partial charge on any atom is 0.0813 e. The van der Waals surface area contributed by atoms with Crippen molar-refractivity contribution in [3.63, 3.8) is 0 Å². The Labute approximate surface area is 174 Å². The van der Waals surface area contributed by atoms with Gasteiger partial charge in [-0.25, -0.2) is 4.98 Å². The second-order valence-electron chi connectivity index (χ2n) is 7.29. The van der Waals surface area contributed by atoms with Gasteiger partial charge in [-0.2, -0.15) is 0 Å². The van der Waals surface area contributed by atoms with E-state index in [1.165, 1.54) is 52.4 Å². The summed E-state index contributed by atoms with van der Waals surface area (Å²) in [5.41, 5.74) is 6.67. The summed E-state index contributed by atoms with van der Waals surface area (Å²) < 4.78 is 6.31. The molecule has 0 saturated heterocycles. The van der Waals surface area contributed by atoms with Crippen molar-refractivity contribution in [2.24, 2.45) is 0 Å². The Morgan fingerprint density at radius 2 is 1.52 bits per heavy atom. The molecule has 0 radical (unpaired) electrons. The van der Waals surface area contributed by atoms with Crippen molar-refractivity contribution < 1.29 is 0 Å². The second-order valence-corrected chi connectivity index (χ2v) is 9.26. The molecule has 4 heteroatoms. The summed E-state index contributed by atoms with van der Waals surface area (Å²) >= 11 is 3.57. The molecule has 0 amide bonds. The van der Waals surface area contributed by atoms with E-state index in [0.29, 0.717) is 0 Å². The van der Waals surface area contributed by atoms with Gasteiger partial charge in [0.1, 0.15) is 0 Å². The predicted octanol–water partition coefficient (Wildman–Crippen LogP) is 7.76. The van der Waals surface area contributed by atoms with Gasteiger partial charge in [-0.15, -0.1) is 22.7 Å². The zero-order valence-electron chi connectivity index (χ0n) is 15.3. The first kappa shape index (κ1) is 15.7. The highest BCUT2D eigenvalue weighted by molar-refractivity contribution is 7.26. The van der Waals surface area contributed by atoms with Crippen LogP contribution in [-0.2, 0) is 0 Å². The Morgan fingerprint density at radius 1 is 0.655 bits per heavy atom. The highest BCUT2D eigenvalue weighted by Crippen LogP contribution is 2.43. The van der Waals surface area contributed by atoms with Crippen LogP contribution < -0.4 is 0 Å². The zero-order chi connectivity index (χ0) is 18.9. The molecular formula is C25H14N2S2. The monoisotopic (exact) mass is 406 g/mol. The summed E-state index contributed by atoms with van der Waals surface area (Å²) in [5.74, 6) is 0. The van der Waals surface area contributed by atoms with E-state index in [9.17, 15) is 0 Å². The molecule has 0 bridgehead atoms. The van der Waals surface area contributed by atoms with Crippen LogP contribution in [0.3, 0.4) is 0 Å². The van der Waals surface area contributed by atoms with Crippen molar-refractivity contribution in [3.05, 3.63) is 84.4 Å². The molecule has 4 aromatic carbocycles. The van der Waals surface area contributed by atoms with Gasteiger partial charge in [0.15, 0.2) is 0 Å². The summed E-state index contributed by atoms with van der Waals surface area (Å²) in [7, 11) is 0. The van der Waals surface area contributed by atoms with Crippen molar-refractivity contribution in [2.45, 2.75) is 0 Å². The molecule has 0 N–H and O–H groups in total. The third-order valence-electron chi connectivity index (χ3n) is 5.75. The van der Waals surface area contributed by atoms with Gasteiger partial charge in [-0.3, -0.25) is 0 Å². The van der Waals surface area contributed by atoms with Crippen LogP contribution >= 0.6 is 22.7 Å². The number of thiazole rings is 1. The van der Waals surface area contributed by atoms with Crippen LogP contribution in [-0.4, -0.2) is 9.55 Å². The SMILES string of the molecule is c1ccc2c(c1)sc1ccc3c(c4ccccc4n3-c3ccc4ncsc4c3)c12. The molecule has 0 aliphatic rings. The third kappa shape index (κ3) is 2.07. The van der Waals surface area contributed by atoms with Gasteiger partial charge in [-0.05, 0) is 42.5 Å². The van der Waals surface area contributed by atoms with Crippen LogP contribution in [0.1, 0.15) is 0 Å². The van der Waals surface area contributed by atoms with Gasteiger partial charge in [0.25, 0.3) is 0 Å².